The number of benzene rings is 1. The van der Waals surface area contributed by atoms with Gasteiger partial charge in [0.1, 0.15) is 17.3 Å². The van der Waals surface area contributed by atoms with Crippen molar-refractivity contribution in [1.29, 1.82) is 0 Å². The molecule has 0 atom stereocenters. The summed E-state index contributed by atoms with van der Waals surface area (Å²) in [7, 11) is -2.26. The molecule has 3 N–H and O–H groups in total. The van der Waals surface area contributed by atoms with Gasteiger partial charge in [-0.2, -0.15) is 4.40 Å². The lowest BCUT2D eigenvalue weighted by Gasteiger charge is -2.24. The molecule has 0 unspecified atom stereocenters. The molecule has 0 bridgehead atoms. The molecule has 0 fully saturated rings. The summed E-state index contributed by atoms with van der Waals surface area (Å²) in [6.45, 7) is 0. The van der Waals surface area contributed by atoms with Crippen molar-refractivity contribution in [3.63, 3.8) is 0 Å². The van der Waals surface area contributed by atoms with Crippen LogP contribution >= 0.6 is 0 Å². The zero-order valence-electron chi connectivity index (χ0n) is 8.38. The van der Waals surface area contributed by atoms with Gasteiger partial charge in [0, 0.05) is 10.1 Å². The molecule has 8 heteroatoms. The number of nitroso groups, excluding NO2 is 1. The molecule has 1 aromatic carbocycles. The minimum atomic E-state index is -3.72. The van der Waals surface area contributed by atoms with Crippen molar-refractivity contribution in [1.82, 2.24) is 0 Å². The highest BCUT2D eigenvalue weighted by Crippen LogP contribution is 2.34. The quantitative estimate of drug-likeness (QED) is 0.514. The molecule has 1 aliphatic rings. The predicted molar refractivity (Wildman–Crippen MR) is 62.7 cm³/mol. The monoisotopic (exact) mass is 242 g/mol. The largest absolute Gasteiger partial charge is 0.495 e. The van der Waals surface area contributed by atoms with Gasteiger partial charge in [-0.25, -0.2) is 4.21 Å². The molecule has 2 rings (SSSR count). The molecule has 0 saturated carbocycles. The Kier molecular flexibility index (Phi) is 2.35. The topological polar surface area (TPSA) is 106 Å². The summed E-state index contributed by atoms with van der Waals surface area (Å²) in [4.78, 5) is 10.5. The van der Waals surface area contributed by atoms with Crippen LogP contribution in [0, 0.1) is 4.91 Å². The second kappa shape index (κ2) is 3.56. The Balaban J connectivity index is 2.65. The Morgan fingerprint density at radius 3 is 2.94 bits per heavy atom. The molecule has 16 heavy (non-hydrogen) atoms. The number of anilines is 1. The molecule has 7 nitrogen and oxygen atoms in total. The molecule has 0 aromatic heterocycles. The van der Waals surface area contributed by atoms with E-state index in [4.69, 9.17) is 10.5 Å². The van der Waals surface area contributed by atoms with Crippen molar-refractivity contribution in [2.24, 2.45) is 14.7 Å². The fourth-order valence-electron chi connectivity index (χ4n) is 1.44. The van der Waals surface area contributed by atoms with Gasteiger partial charge >= 0.3 is 0 Å². The number of nitrogens with one attached hydrogen (secondary N) is 1. The molecule has 1 aliphatic heterocycles. The van der Waals surface area contributed by atoms with Crippen LogP contribution < -0.4 is 15.2 Å². The van der Waals surface area contributed by atoms with Crippen LogP contribution in [0.2, 0.25) is 0 Å². The number of ether oxygens (including phenoxy) is 1. The number of thiol groups is 1. The number of fused-ring (bicyclic) bond motifs is 1. The SMILES string of the molecule is COc1cccc2c1N[SH](=O)(N=O)N=C2N. The van der Waals surface area contributed by atoms with E-state index in [2.05, 4.69) is 13.7 Å². The van der Waals surface area contributed by atoms with Crippen molar-refractivity contribution in [3.05, 3.63) is 28.7 Å². The van der Waals surface area contributed by atoms with E-state index in [9.17, 15) is 9.12 Å². The molecular weight excluding hydrogens is 232 g/mol. The van der Waals surface area contributed by atoms with Gasteiger partial charge in [0.2, 0.25) is 0 Å². The average Bonchev–Trinajstić information content (AvgIpc) is 2.28. The lowest BCUT2D eigenvalue weighted by atomic mass is 10.1. The Hall–Kier alpha value is -1.96. The number of para-hydroxylation sites is 1. The van der Waals surface area contributed by atoms with Gasteiger partial charge in [0.05, 0.1) is 7.11 Å². The fraction of sp³-hybridized carbons (Fsp3) is 0.125. The van der Waals surface area contributed by atoms with Gasteiger partial charge in [-0.3, -0.25) is 4.72 Å². The summed E-state index contributed by atoms with van der Waals surface area (Å²) in [6, 6.07) is 5.05. The normalized spacial score (nSPS) is 18.7. The van der Waals surface area contributed by atoms with Crippen LogP contribution in [0.1, 0.15) is 5.56 Å². The molecule has 0 spiro atoms. The lowest BCUT2D eigenvalue weighted by Crippen LogP contribution is -2.29. The predicted octanol–water partition coefficient (Wildman–Crippen LogP) is 0.354. The molecule has 1 aromatic rings. The summed E-state index contributed by atoms with van der Waals surface area (Å²) >= 11 is 0. The van der Waals surface area contributed by atoms with E-state index in [0.717, 1.165) is 0 Å². The number of hydrogen-bond donors (Lipinski definition) is 3. The summed E-state index contributed by atoms with van der Waals surface area (Å²) in [5.41, 5.74) is 6.52. The maximum absolute atomic E-state index is 11.7. The van der Waals surface area contributed by atoms with Crippen molar-refractivity contribution < 1.29 is 8.95 Å². The third-order valence-corrected chi connectivity index (χ3v) is 3.36. The molecule has 0 radical (unpaired) electrons. The Bertz CT molecular complexity index is 528. The van der Waals surface area contributed by atoms with E-state index in [-0.39, 0.29) is 5.84 Å². The van der Waals surface area contributed by atoms with Crippen molar-refractivity contribution in [2.45, 2.75) is 0 Å². The van der Waals surface area contributed by atoms with E-state index in [1.54, 1.807) is 18.2 Å². The Morgan fingerprint density at radius 1 is 1.56 bits per heavy atom. The summed E-state index contributed by atoms with van der Waals surface area (Å²) in [6.07, 6.45) is 0. The van der Waals surface area contributed by atoms with Crippen LogP contribution in [0.15, 0.2) is 27.2 Å². The zero-order chi connectivity index (χ0) is 11.8. The van der Waals surface area contributed by atoms with Gasteiger partial charge in [0.25, 0.3) is 0 Å². The van der Waals surface area contributed by atoms with Crippen LogP contribution in [-0.4, -0.2) is 17.2 Å². The van der Waals surface area contributed by atoms with Crippen LogP contribution in [0.4, 0.5) is 5.69 Å². The highest BCUT2D eigenvalue weighted by atomic mass is 32.3. The van der Waals surface area contributed by atoms with E-state index in [1.807, 2.05) is 0 Å². The number of rotatable bonds is 2. The van der Waals surface area contributed by atoms with Gasteiger partial charge in [-0.1, -0.05) is 6.07 Å². The standard InChI is InChI=1S/C8H10N4O3S/c1-15-6-4-2-3-5-7(6)10-16(14,12-13)11-8(5)9/h2-4,16H,1H3,(H3,9,10,11,14). The van der Waals surface area contributed by atoms with Crippen molar-refractivity contribution >= 4 is 22.0 Å². The lowest BCUT2D eigenvalue weighted by molar-refractivity contribution is 0.417. The van der Waals surface area contributed by atoms with E-state index in [0.29, 0.717) is 17.0 Å². The fourth-order valence-corrected chi connectivity index (χ4v) is 2.49. The van der Waals surface area contributed by atoms with Gasteiger partial charge in [-0.05, 0) is 12.1 Å². The zero-order valence-corrected chi connectivity index (χ0v) is 9.27. The number of nitrogens with two attached hydrogens (primary N) is 1. The molecule has 0 aliphatic carbocycles. The second-order valence-electron chi connectivity index (χ2n) is 3.11. The first-order valence-corrected chi connectivity index (χ1v) is 5.97. The van der Waals surface area contributed by atoms with E-state index in [1.165, 1.54) is 7.11 Å². The summed E-state index contributed by atoms with van der Waals surface area (Å²) < 4.78 is 25.3. The summed E-state index contributed by atoms with van der Waals surface area (Å²) in [5.74, 6) is 0.440. The number of hydrogen-bond acceptors (Lipinski definition) is 4. The molecule has 86 valence electrons. The van der Waals surface area contributed by atoms with Crippen LogP contribution in [0.5, 0.6) is 5.75 Å². The summed E-state index contributed by atoms with van der Waals surface area (Å²) in [5, 5.41) is 0. The van der Waals surface area contributed by atoms with E-state index < -0.39 is 10.5 Å². The van der Waals surface area contributed by atoms with Crippen molar-refractivity contribution in [2.75, 3.05) is 11.8 Å². The minimum Gasteiger partial charge on any atom is -0.495 e. The molecule has 0 amide bonds. The average molecular weight is 242 g/mol. The first-order valence-electron chi connectivity index (χ1n) is 4.36. The molecule has 1 heterocycles. The third kappa shape index (κ3) is 1.52. The third-order valence-electron chi connectivity index (χ3n) is 2.13. The maximum atomic E-state index is 11.7. The van der Waals surface area contributed by atoms with Crippen LogP contribution in [-0.2, 0) is 10.5 Å². The van der Waals surface area contributed by atoms with Gasteiger partial charge in [-0.15, -0.1) is 4.91 Å². The van der Waals surface area contributed by atoms with Crippen molar-refractivity contribution in [3.8, 4) is 5.75 Å². The van der Waals surface area contributed by atoms with Gasteiger partial charge in [0.15, 0.2) is 10.5 Å². The Labute approximate surface area is 92.5 Å². The Morgan fingerprint density at radius 2 is 2.31 bits per heavy atom. The number of nitrogens with zero attached hydrogens (tertiary/aromatic N) is 2. The highest BCUT2D eigenvalue weighted by molar-refractivity contribution is 8.02. The molecule has 0 saturated heterocycles. The highest BCUT2D eigenvalue weighted by Gasteiger charge is 2.25. The second-order valence-corrected chi connectivity index (χ2v) is 4.78. The maximum Gasteiger partial charge on any atom is 0.168 e. The van der Waals surface area contributed by atoms with Gasteiger partial charge < -0.3 is 10.5 Å². The number of amidine groups is 1. The van der Waals surface area contributed by atoms with Crippen LogP contribution in [0.25, 0.3) is 0 Å². The minimum absolute atomic E-state index is 0.00980. The first kappa shape index (κ1) is 10.6. The number of methoxy groups -OCH3 is 1. The smallest absolute Gasteiger partial charge is 0.168 e. The van der Waals surface area contributed by atoms with E-state index >= 15 is 0 Å². The first-order chi connectivity index (χ1) is 7.59. The van der Waals surface area contributed by atoms with Crippen LogP contribution in [0.3, 0.4) is 0 Å². The molecular formula is C8H10N4O3S.